The first kappa shape index (κ1) is 17.6. The van der Waals surface area contributed by atoms with Crippen LogP contribution in [0, 0.1) is 10.1 Å². The fraction of sp³-hybridized carbons (Fsp3) is 0.150. The van der Waals surface area contributed by atoms with E-state index in [2.05, 4.69) is 0 Å². The summed E-state index contributed by atoms with van der Waals surface area (Å²) in [6, 6.07) is 10.6. The van der Waals surface area contributed by atoms with Crippen LogP contribution < -0.4 is 5.63 Å². The summed E-state index contributed by atoms with van der Waals surface area (Å²) in [5.41, 5.74) is 0.527. The predicted octanol–water partition coefficient (Wildman–Crippen LogP) is 3.06. The molecule has 4 rings (SSSR count). The second kappa shape index (κ2) is 6.41. The van der Waals surface area contributed by atoms with E-state index in [1.807, 2.05) is 13.0 Å². The van der Waals surface area contributed by atoms with Crippen molar-refractivity contribution in [2.24, 2.45) is 0 Å². The topological polar surface area (TPSA) is 111 Å². The highest BCUT2D eigenvalue weighted by Gasteiger charge is 2.41. The zero-order valence-corrected chi connectivity index (χ0v) is 14.8. The Labute approximate surface area is 158 Å². The summed E-state index contributed by atoms with van der Waals surface area (Å²) < 4.78 is 5.24. The van der Waals surface area contributed by atoms with Gasteiger partial charge in [0.2, 0.25) is 0 Å². The quantitative estimate of drug-likeness (QED) is 0.299. The lowest BCUT2D eigenvalue weighted by molar-refractivity contribution is -0.385. The second-order valence-corrected chi connectivity index (χ2v) is 6.43. The van der Waals surface area contributed by atoms with Crippen LogP contribution in [0.4, 0.5) is 5.69 Å². The van der Waals surface area contributed by atoms with Crippen LogP contribution in [0.2, 0.25) is 0 Å². The Balaban J connectivity index is 1.79. The molecule has 28 heavy (non-hydrogen) atoms. The van der Waals surface area contributed by atoms with Gasteiger partial charge in [-0.25, -0.2) is 4.79 Å². The molecule has 0 spiro atoms. The maximum atomic E-state index is 12.8. The van der Waals surface area contributed by atoms with Gasteiger partial charge in [-0.2, -0.15) is 0 Å². The molecule has 8 nitrogen and oxygen atoms in total. The zero-order chi connectivity index (χ0) is 20.0. The van der Waals surface area contributed by atoms with Crippen molar-refractivity contribution in [3.63, 3.8) is 0 Å². The number of fused-ring (bicyclic) bond motifs is 2. The van der Waals surface area contributed by atoms with Gasteiger partial charge in [0.25, 0.3) is 17.5 Å². The largest absolute Gasteiger partial charge is 0.423 e. The second-order valence-electron chi connectivity index (χ2n) is 6.43. The lowest BCUT2D eigenvalue weighted by Crippen LogP contribution is -2.29. The van der Waals surface area contributed by atoms with Crippen molar-refractivity contribution in [1.29, 1.82) is 0 Å². The van der Waals surface area contributed by atoms with Gasteiger partial charge in [0.15, 0.2) is 0 Å². The number of carbonyl (C=O) groups is 2. The maximum Gasteiger partial charge on any atom is 0.336 e. The predicted molar refractivity (Wildman–Crippen MR) is 99.2 cm³/mol. The minimum absolute atomic E-state index is 0.0141. The van der Waals surface area contributed by atoms with Crippen LogP contribution in [0.1, 0.15) is 38.8 Å². The molecule has 140 valence electrons. The fourth-order valence-electron chi connectivity index (χ4n) is 3.41. The molecule has 0 aliphatic carbocycles. The highest BCUT2D eigenvalue weighted by atomic mass is 16.6. The highest BCUT2D eigenvalue weighted by Crippen LogP contribution is 2.32. The summed E-state index contributed by atoms with van der Waals surface area (Å²) >= 11 is 0. The van der Waals surface area contributed by atoms with Gasteiger partial charge in [0.05, 0.1) is 17.0 Å². The number of amides is 2. The van der Waals surface area contributed by atoms with Crippen LogP contribution in [0.15, 0.2) is 51.7 Å². The van der Waals surface area contributed by atoms with E-state index in [-0.39, 0.29) is 17.7 Å². The van der Waals surface area contributed by atoms with Crippen molar-refractivity contribution < 1.29 is 18.9 Å². The molecular formula is C20H14N2O6. The van der Waals surface area contributed by atoms with E-state index in [0.29, 0.717) is 16.5 Å². The SMILES string of the molecule is CCc1ccc2c(CN3C(=O)c4cccc([N+](=O)[O-])c4C3=O)cc(=O)oc2c1. The Morgan fingerprint density at radius 3 is 2.57 bits per heavy atom. The summed E-state index contributed by atoms with van der Waals surface area (Å²) in [5.74, 6) is -1.38. The summed E-state index contributed by atoms with van der Waals surface area (Å²) in [7, 11) is 0. The first-order chi connectivity index (χ1) is 13.4. The first-order valence-electron chi connectivity index (χ1n) is 8.60. The van der Waals surface area contributed by atoms with Crippen LogP contribution in [-0.4, -0.2) is 21.6 Å². The molecule has 1 aliphatic heterocycles. The molecule has 0 atom stereocenters. The normalized spacial score (nSPS) is 13.2. The van der Waals surface area contributed by atoms with Gasteiger partial charge in [0.1, 0.15) is 11.1 Å². The Kier molecular flexibility index (Phi) is 4.03. The van der Waals surface area contributed by atoms with Gasteiger partial charge >= 0.3 is 5.63 Å². The number of imide groups is 1. The third-order valence-electron chi connectivity index (χ3n) is 4.81. The molecule has 1 aromatic heterocycles. The van der Waals surface area contributed by atoms with E-state index in [1.165, 1.54) is 24.3 Å². The van der Waals surface area contributed by atoms with Crippen LogP contribution in [-0.2, 0) is 13.0 Å². The monoisotopic (exact) mass is 378 g/mol. The summed E-state index contributed by atoms with van der Waals surface area (Å²) in [4.78, 5) is 48.9. The van der Waals surface area contributed by atoms with Crippen molar-refractivity contribution in [3.8, 4) is 0 Å². The number of nitro benzene ring substituents is 1. The molecule has 3 aromatic rings. The van der Waals surface area contributed by atoms with Crippen LogP contribution in [0.5, 0.6) is 0 Å². The zero-order valence-electron chi connectivity index (χ0n) is 14.8. The average Bonchev–Trinajstić information content (AvgIpc) is 2.92. The van der Waals surface area contributed by atoms with Crippen LogP contribution in [0.25, 0.3) is 11.0 Å². The standard InChI is InChI=1S/C20H14N2O6/c1-2-11-6-7-13-12(9-17(23)28-16(13)8-11)10-21-19(24)14-4-3-5-15(22(26)27)18(14)20(21)25/h3-9H,2,10H2,1H3. The summed E-state index contributed by atoms with van der Waals surface area (Å²) in [6.45, 7) is 1.78. The number of nitrogens with zero attached hydrogens (tertiary/aromatic N) is 2. The number of rotatable bonds is 4. The van der Waals surface area contributed by atoms with Gasteiger partial charge in [-0.1, -0.05) is 25.1 Å². The van der Waals surface area contributed by atoms with Gasteiger partial charge < -0.3 is 4.42 Å². The fourth-order valence-corrected chi connectivity index (χ4v) is 3.41. The van der Waals surface area contributed by atoms with Crippen molar-refractivity contribution in [1.82, 2.24) is 4.90 Å². The van der Waals surface area contributed by atoms with E-state index < -0.39 is 28.1 Å². The highest BCUT2D eigenvalue weighted by molar-refractivity contribution is 6.23. The molecule has 8 heteroatoms. The summed E-state index contributed by atoms with van der Waals surface area (Å²) in [5, 5.41) is 11.8. The Bertz CT molecular complexity index is 1230. The molecule has 0 fully saturated rings. The Morgan fingerprint density at radius 2 is 1.86 bits per heavy atom. The van der Waals surface area contributed by atoms with Gasteiger partial charge in [-0.3, -0.25) is 24.6 Å². The van der Waals surface area contributed by atoms with Crippen molar-refractivity contribution in [2.75, 3.05) is 0 Å². The van der Waals surface area contributed by atoms with E-state index in [4.69, 9.17) is 4.42 Å². The number of nitro groups is 1. The Hall–Kier alpha value is -3.81. The van der Waals surface area contributed by atoms with E-state index in [1.54, 1.807) is 12.1 Å². The summed E-state index contributed by atoms with van der Waals surface area (Å²) in [6.07, 6.45) is 0.756. The van der Waals surface area contributed by atoms with Crippen LogP contribution in [0.3, 0.4) is 0 Å². The van der Waals surface area contributed by atoms with Gasteiger partial charge in [-0.15, -0.1) is 0 Å². The van der Waals surface area contributed by atoms with Crippen molar-refractivity contribution in [3.05, 3.63) is 85.3 Å². The molecule has 1 aliphatic rings. The van der Waals surface area contributed by atoms with Crippen molar-refractivity contribution >= 4 is 28.5 Å². The number of benzene rings is 2. The Morgan fingerprint density at radius 1 is 1.07 bits per heavy atom. The van der Waals surface area contributed by atoms with E-state index in [0.717, 1.165) is 16.9 Å². The third kappa shape index (κ3) is 2.66. The molecular weight excluding hydrogens is 364 g/mol. The molecule has 0 bridgehead atoms. The van der Waals surface area contributed by atoms with Gasteiger partial charge in [0, 0.05) is 17.5 Å². The molecule has 0 saturated heterocycles. The minimum Gasteiger partial charge on any atom is -0.423 e. The number of hydrogen-bond acceptors (Lipinski definition) is 6. The number of carbonyl (C=O) groups excluding carboxylic acids is 2. The number of aryl methyl sites for hydroxylation is 1. The smallest absolute Gasteiger partial charge is 0.336 e. The molecule has 0 radical (unpaired) electrons. The lowest BCUT2D eigenvalue weighted by atomic mass is 10.1. The minimum atomic E-state index is -0.751. The molecule has 0 unspecified atom stereocenters. The van der Waals surface area contributed by atoms with E-state index >= 15 is 0 Å². The molecule has 0 N–H and O–H groups in total. The van der Waals surface area contributed by atoms with E-state index in [9.17, 15) is 24.5 Å². The van der Waals surface area contributed by atoms with Crippen molar-refractivity contribution in [2.45, 2.75) is 19.9 Å². The average molecular weight is 378 g/mol. The molecule has 2 heterocycles. The van der Waals surface area contributed by atoms with Gasteiger partial charge in [-0.05, 0) is 29.7 Å². The molecule has 2 amide bonds. The lowest BCUT2D eigenvalue weighted by Gasteiger charge is -2.15. The number of hydrogen-bond donors (Lipinski definition) is 0. The molecule has 2 aromatic carbocycles. The third-order valence-corrected chi connectivity index (χ3v) is 4.81. The van der Waals surface area contributed by atoms with Crippen LogP contribution >= 0.6 is 0 Å². The maximum absolute atomic E-state index is 12.8. The molecule has 0 saturated carbocycles. The first-order valence-corrected chi connectivity index (χ1v) is 8.60.